The summed E-state index contributed by atoms with van der Waals surface area (Å²) in [5.74, 6) is 4.12. The van der Waals surface area contributed by atoms with E-state index in [1.807, 2.05) is 83.6 Å². The number of pyridine rings is 1. The fourth-order valence-corrected chi connectivity index (χ4v) is 5.09. The van der Waals surface area contributed by atoms with Gasteiger partial charge in [-0.25, -0.2) is 4.98 Å². The molecule has 1 aliphatic rings. The van der Waals surface area contributed by atoms with Crippen molar-refractivity contribution in [2.24, 2.45) is 0 Å². The molecule has 0 fully saturated rings. The third kappa shape index (κ3) is 3.76. The van der Waals surface area contributed by atoms with Crippen molar-refractivity contribution in [3.05, 3.63) is 122 Å². The van der Waals surface area contributed by atoms with Crippen LogP contribution >= 0.6 is 0 Å². The summed E-state index contributed by atoms with van der Waals surface area (Å²) in [6, 6.07) is 36.7. The van der Waals surface area contributed by atoms with E-state index in [2.05, 4.69) is 44.9 Å². The smallest absolute Gasteiger partial charge is 0.503 e. The Morgan fingerprint density at radius 3 is 2.44 bits per heavy atom. The molecule has 3 aromatic heterocycles. The number of hydrogen-bond acceptors (Lipinski definition) is 4. The van der Waals surface area contributed by atoms with Gasteiger partial charge in [0.2, 0.25) is 0 Å². The van der Waals surface area contributed by atoms with Crippen LogP contribution in [0.15, 0.2) is 110 Å². The number of rotatable bonds is 3. The Bertz CT molecular complexity index is 2000. The molecule has 0 saturated carbocycles. The molecule has 4 heterocycles. The summed E-state index contributed by atoms with van der Waals surface area (Å²) in [5, 5.41) is 2.22. The number of fused-ring (bicyclic) bond motifs is 8. The number of nitrogens with zero attached hydrogens (tertiary/aromatic N) is 4. The van der Waals surface area contributed by atoms with Crippen molar-refractivity contribution in [2.45, 2.75) is 0 Å². The molecule has 0 aliphatic carbocycles. The molecule has 1 aliphatic heterocycles. The fourth-order valence-electron chi connectivity index (χ4n) is 5.09. The van der Waals surface area contributed by atoms with Gasteiger partial charge in [0, 0.05) is 41.4 Å². The minimum absolute atomic E-state index is 0. The number of para-hydroxylation sites is 3. The van der Waals surface area contributed by atoms with Crippen LogP contribution in [0.25, 0.3) is 44.7 Å². The molecule has 0 unspecified atom stereocenters. The molecule has 188 valence electrons. The Morgan fingerprint density at radius 2 is 1.51 bits per heavy atom. The van der Waals surface area contributed by atoms with Crippen molar-refractivity contribution >= 4 is 21.8 Å². The molecular weight excluding hydrogens is 667 g/mol. The maximum absolute atomic E-state index is 6.31. The van der Waals surface area contributed by atoms with Gasteiger partial charge in [0.05, 0.1) is 11.5 Å². The van der Waals surface area contributed by atoms with Crippen LogP contribution in [0.1, 0.15) is 0 Å². The minimum Gasteiger partial charge on any atom is -0.503 e. The summed E-state index contributed by atoms with van der Waals surface area (Å²) in [4.78, 5) is 9.19. The first-order valence-electron chi connectivity index (χ1n) is 12.3. The molecule has 0 bridgehead atoms. The van der Waals surface area contributed by atoms with Gasteiger partial charge in [-0.2, -0.15) is 6.07 Å². The van der Waals surface area contributed by atoms with E-state index >= 15 is 0 Å². The monoisotopic (exact) mass is 685 g/mol. The Balaban J connectivity index is 0.00000253. The molecule has 0 saturated heterocycles. The van der Waals surface area contributed by atoms with Crippen LogP contribution in [0.5, 0.6) is 23.0 Å². The third-order valence-corrected chi connectivity index (χ3v) is 6.74. The second kappa shape index (κ2) is 9.26. The van der Waals surface area contributed by atoms with Gasteiger partial charge in [-0.15, -0.1) is 17.5 Å². The molecular formula is C32H18N4O2Pt. The summed E-state index contributed by atoms with van der Waals surface area (Å²) in [5.41, 5.74) is 3.61. The van der Waals surface area contributed by atoms with Crippen LogP contribution in [-0.4, -0.2) is 19.1 Å². The maximum Gasteiger partial charge on any atom is 2.00 e. The standard InChI is InChI=1S/C32H18N4O2.Pt/c1-2-8-26-23(7-1)24-14-12-22(20-28(24)36(26)31-11-5-6-16-33-31)37-21-13-15-29-25(19-21)32-34-17-18-35(32)27-9-3-4-10-30(27)38-29;/h1-18H;/q-2;+2. The average molecular weight is 686 g/mol. The van der Waals surface area contributed by atoms with E-state index < -0.39 is 0 Å². The van der Waals surface area contributed by atoms with Gasteiger partial charge in [-0.05, 0) is 35.7 Å². The first-order valence-corrected chi connectivity index (χ1v) is 12.3. The molecule has 7 aromatic rings. The number of ether oxygens (including phenoxy) is 2. The van der Waals surface area contributed by atoms with Crippen molar-refractivity contribution in [1.82, 2.24) is 19.1 Å². The number of aromatic nitrogens is 4. The largest absolute Gasteiger partial charge is 2.00 e. The van der Waals surface area contributed by atoms with Gasteiger partial charge in [0.25, 0.3) is 0 Å². The van der Waals surface area contributed by atoms with Crippen LogP contribution in [0.4, 0.5) is 0 Å². The Kier molecular flexibility index (Phi) is 5.57. The summed E-state index contributed by atoms with van der Waals surface area (Å²) in [7, 11) is 0. The summed E-state index contributed by atoms with van der Waals surface area (Å²) >= 11 is 0. The first-order chi connectivity index (χ1) is 18.8. The van der Waals surface area contributed by atoms with Crippen molar-refractivity contribution < 1.29 is 30.5 Å². The maximum atomic E-state index is 6.31. The van der Waals surface area contributed by atoms with Gasteiger partial charge < -0.3 is 18.6 Å². The number of imidazole rings is 1. The summed E-state index contributed by atoms with van der Waals surface area (Å²) in [6.45, 7) is 0. The number of hydrogen-bond donors (Lipinski definition) is 0. The van der Waals surface area contributed by atoms with E-state index in [1.54, 1.807) is 12.4 Å². The van der Waals surface area contributed by atoms with E-state index in [-0.39, 0.29) is 21.1 Å². The molecule has 6 nitrogen and oxygen atoms in total. The van der Waals surface area contributed by atoms with E-state index in [9.17, 15) is 0 Å². The molecule has 8 rings (SSSR count). The fraction of sp³-hybridized carbons (Fsp3) is 0. The van der Waals surface area contributed by atoms with Crippen molar-refractivity contribution in [2.75, 3.05) is 0 Å². The molecule has 0 spiro atoms. The third-order valence-electron chi connectivity index (χ3n) is 6.74. The van der Waals surface area contributed by atoms with Crippen LogP contribution in [0.2, 0.25) is 0 Å². The summed E-state index contributed by atoms with van der Waals surface area (Å²) in [6.07, 6.45) is 5.50. The van der Waals surface area contributed by atoms with Gasteiger partial charge in [0.15, 0.2) is 0 Å². The molecule has 0 N–H and O–H groups in total. The SMILES string of the molecule is [Pt+2].[c-]1c(Oc2[c-]c3c(cc2)c2ccccc2n3-c2ccccn2)ccc2c1-c1nccn1-c1ccccc1O2. The number of benzene rings is 4. The van der Waals surface area contributed by atoms with Gasteiger partial charge in [-0.1, -0.05) is 65.7 Å². The molecule has 7 heteroatoms. The van der Waals surface area contributed by atoms with Crippen molar-refractivity contribution in [3.8, 4) is 45.9 Å². The zero-order chi connectivity index (χ0) is 25.1. The first kappa shape index (κ1) is 23.4. The molecule has 0 atom stereocenters. The molecule has 0 amide bonds. The van der Waals surface area contributed by atoms with Crippen LogP contribution in [0, 0.1) is 12.1 Å². The van der Waals surface area contributed by atoms with Crippen LogP contribution < -0.4 is 9.47 Å². The van der Waals surface area contributed by atoms with Gasteiger partial charge in [0.1, 0.15) is 11.6 Å². The van der Waals surface area contributed by atoms with E-state index in [0.717, 1.165) is 50.4 Å². The Labute approximate surface area is 238 Å². The van der Waals surface area contributed by atoms with Gasteiger partial charge >= 0.3 is 21.1 Å². The minimum atomic E-state index is 0. The summed E-state index contributed by atoms with van der Waals surface area (Å²) < 4.78 is 16.7. The topological polar surface area (TPSA) is 54.1 Å². The predicted octanol–water partition coefficient (Wildman–Crippen LogP) is 7.53. The molecule has 4 aromatic carbocycles. The van der Waals surface area contributed by atoms with Crippen molar-refractivity contribution in [3.63, 3.8) is 0 Å². The second-order valence-electron chi connectivity index (χ2n) is 8.98. The van der Waals surface area contributed by atoms with E-state index in [1.165, 1.54) is 0 Å². The van der Waals surface area contributed by atoms with E-state index in [0.29, 0.717) is 17.2 Å². The van der Waals surface area contributed by atoms with Crippen molar-refractivity contribution in [1.29, 1.82) is 0 Å². The second-order valence-corrected chi connectivity index (χ2v) is 8.98. The van der Waals surface area contributed by atoms with Gasteiger partial charge in [-0.3, -0.25) is 4.98 Å². The average Bonchev–Trinajstić information content (AvgIpc) is 3.54. The van der Waals surface area contributed by atoms with E-state index in [4.69, 9.17) is 9.47 Å². The quantitative estimate of drug-likeness (QED) is 0.181. The Morgan fingerprint density at radius 1 is 0.692 bits per heavy atom. The normalized spacial score (nSPS) is 11.6. The molecule has 0 radical (unpaired) electrons. The Hall–Kier alpha value is -4.67. The molecule has 39 heavy (non-hydrogen) atoms. The van der Waals surface area contributed by atoms with Crippen LogP contribution in [0.3, 0.4) is 0 Å². The zero-order valence-electron chi connectivity index (χ0n) is 20.3. The van der Waals surface area contributed by atoms with Crippen LogP contribution in [-0.2, 0) is 21.1 Å². The zero-order valence-corrected chi connectivity index (χ0v) is 22.6. The predicted molar refractivity (Wildman–Crippen MR) is 145 cm³/mol.